The number of rotatable bonds is 7. The number of halogens is 1. The lowest BCUT2D eigenvalue weighted by atomic mass is 10.2. The molecule has 1 aliphatic heterocycles. The van der Waals surface area contributed by atoms with Crippen LogP contribution in [0.4, 0.5) is 0 Å². The first-order chi connectivity index (χ1) is 13.2. The van der Waals surface area contributed by atoms with Crippen LogP contribution >= 0.6 is 11.6 Å². The van der Waals surface area contributed by atoms with Crippen LogP contribution in [0.1, 0.15) is 31.7 Å². The fourth-order valence-electron chi connectivity index (χ4n) is 3.85. The molecule has 0 radical (unpaired) electrons. The molecule has 0 bridgehead atoms. The molecule has 4 nitrogen and oxygen atoms in total. The Hall–Kier alpha value is -2.04. The van der Waals surface area contributed by atoms with Crippen molar-refractivity contribution in [3.63, 3.8) is 0 Å². The average molecular weight is 384 g/mol. The average Bonchev–Trinajstić information content (AvgIpc) is 3.25. The molecule has 27 heavy (non-hydrogen) atoms. The van der Waals surface area contributed by atoms with Gasteiger partial charge in [0.1, 0.15) is 0 Å². The lowest BCUT2D eigenvalue weighted by molar-refractivity contribution is 0.227. The maximum atomic E-state index is 6.07. The first-order valence-corrected chi connectivity index (χ1v) is 10.2. The Morgan fingerprint density at radius 3 is 2.74 bits per heavy atom. The highest BCUT2D eigenvalue weighted by Gasteiger charge is 2.19. The summed E-state index contributed by atoms with van der Waals surface area (Å²) in [6.45, 7) is 6.04. The van der Waals surface area contributed by atoms with Crippen LogP contribution in [0, 0.1) is 0 Å². The molecule has 4 rings (SSSR count). The van der Waals surface area contributed by atoms with Crippen LogP contribution in [0.25, 0.3) is 10.9 Å². The molecule has 0 aliphatic carbocycles. The summed E-state index contributed by atoms with van der Waals surface area (Å²) < 4.78 is 8.08. The summed E-state index contributed by atoms with van der Waals surface area (Å²) in [5, 5.41) is 6.56. The van der Waals surface area contributed by atoms with E-state index in [2.05, 4.69) is 24.0 Å². The Kier molecular flexibility index (Phi) is 5.65. The molecule has 2 aromatic carbocycles. The number of aromatic nitrogens is 2. The molecule has 5 heteroatoms. The second-order valence-corrected chi connectivity index (χ2v) is 7.77. The van der Waals surface area contributed by atoms with Crippen LogP contribution in [0.5, 0.6) is 5.88 Å². The third-order valence-electron chi connectivity index (χ3n) is 5.39. The number of fused-ring (bicyclic) bond motifs is 1. The fourth-order valence-corrected chi connectivity index (χ4v) is 3.97. The van der Waals surface area contributed by atoms with Gasteiger partial charge in [-0.05, 0) is 62.6 Å². The maximum absolute atomic E-state index is 6.07. The molecule has 1 atom stereocenters. The van der Waals surface area contributed by atoms with Gasteiger partial charge in [-0.15, -0.1) is 5.10 Å². The molecule has 0 N–H and O–H groups in total. The van der Waals surface area contributed by atoms with Crippen molar-refractivity contribution in [3.8, 4) is 5.88 Å². The van der Waals surface area contributed by atoms with Gasteiger partial charge in [0.15, 0.2) is 0 Å². The molecule has 0 amide bonds. The van der Waals surface area contributed by atoms with Crippen molar-refractivity contribution in [2.45, 2.75) is 38.8 Å². The zero-order valence-electron chi connectivity index (χ0n) is 15.8. The van der Waals surface area contributed by atoms with Crippen LogP contribution in [0.2, 0.25) is 5.02 Å². The number of ether oxygens (including phenoxy) is 1. The van der Waals surface area contributed by atoms with E-state index in [-0.39, 0.29) is 0 Å². The normalized spacial score (nSPS) is 17.6. The topological polar surface area (TPSA) is 30.3 Å². The molecule has 1 fully saturated rings. The van der Waals surface area contributed by atoms with Crippen molar-refractivity contribution in [2.75, 3.05) is 19.7 Å². The summed E-state index contributed by atoms with van der Waals surface area (Å²) in [4.78, 5) is 2.56. The van der Waals surface area contributed by atoms with Gasteiger partial charge in [-0.2, -0.15) is 0 Å². The highest BCUT2D eigenvalue weighted by Crippen LogP contribution is 2.26. The first kappa shape index (κ1) is 18.3. The number of hydrogen-bond acceptors (Lipinski definition) is 3. The van der Waals surface area contributed by atoms with Gasteiger partial charge in [0, 0.05) is 17.6 Å². The van der Waals surface area contributed by atoms with Gasteiger partial charge in [0.05, 0.1) is 24.1 Å². The van der Waals surface area contributed by atoms with E-state index < -0.39 is 0 Å². The van der Waals surface area contributed by atoms with Gasteiger partial charge in [-0.1, -0.05) is 35.9 Å². The molecule has 2 heterocycles. The van der Waals surface area contributed by atoms with E-state index in [1.54, 1.807) is 0 Å². The first-order valence-electron chi connectivity index (χ1n) is 9.77. The van der Waals surface area contributed by atoms with Crippen molar-refractivity contribution in [1.29, 1.82) is 0 Å². The third kappa shape index (κ3) is 4.28. The number of nitrogens with zero attached hydrogens (tertiary/aromatic N) is 3. The summed E-state index contributed by atoms with van der Waals surface area (Å²) in [5.74, 6) is 0.731. The third-order valence-corrected chi connectivity index (χ3v) is 5.64. The Labute approximate surface area is 165 Å². The van der Waals surface area contributed by atoms with E-state index in [0.717, 1.165) is 34.8 Å². The zero-order chi connectivity index (χ0) is 18.6. The summed E-state index contributed by atoms with van der Waals surface area (Å²) in [6.07, 6.45) is 3.67. The van der Waals surface area contributed by atoms with Gasteiger partial charge in [-0.25, -0.2) is 0 Å². The molecule has 1 saturated heterocycles. The van der Waals surface area contributed by atoms with Crippen molar-refractivity contribution in [2.24, 2.45) is 0 Å². The SMILES string of the molecule is CC1CCCN1CCCOc1nn(Cc2ccc(Cl)cc2)c2ccccc12. The van der Waals surface area contributed by atoms with Crippen molar-refractivity contribution >= 4 is 22.5 Å². The molecular weight excluding hydrogens is 358 g/mol. The van der Waals surface area contributed by atoms with E-state index in [1.165, 1.54) is 24.9 Å². The summed E-state index contributed by atoms with van der Waals surface area (Å²) >= 11 is 5.99. The highest BCUT2D eigenvalue weighted by atomic mass is 35.5. The van der Waals surface area contributed by atoms with Crippen LogP contribution in [0.3, 0.4) is 0 Å². The zero-order valence-corrected chi connectivity index (χ0v) is 16.5. The Morgan fingerprint density at radius 1 is 1.15 bits per heavy atom. The van der Waals surface area contributed by atoms with Crippen molar-refractivity contribution in [1.82, 2.24) is 14.7 Å². The van der Waals surface area contributed by atoms with Crippen LogP contribution in [-0.4, -0.2) is 40.4 Å². The minimum atomic E-state index is 0.700. The molecule has 0 saturated carbocycles. The molecule has 0 spiro atoms. The van der Waals surface area contributed by atoms with Crippen LogP contribution < -0.4 is 4.74 Å². The molecule has 1 unspecified atom stereocenters. The minimum Gasteiger partial charge on any atom is -0.476 e. The largest absolute Gasteiger partial charge is 0.476 e. The quantitative estimate of drug-likeness (QED) is 0.538. The number of para-hydroxylation sites is 1. The molecule has 1 aromatic heterocycles. The Morgan fingerprint density at radius 2 is 1.96 bits per heavy atom. The van der Waals surface area contributed by atoms with E-state index in [1.807, 2.05) is 41.1 Å². The second kappa shape index (κ2) is 8.32. The lowest BCUT2D eigenvalue weighted by Gasteiger charge is -2.20. The van der Waals surface area contributed by atoms with Gasteiger partial charge in [-0.3, -0.25) is 4.68 Å². The van der Waals surface area contributed by atoms with E-state index >= 15 is 0 Å². The molecule has 3 aromatic rings. The predicted octanol–water partition coefficient (Wildman–Crippen LogP) is 4.99. The van der Waals surface area contributed by atoms with Crippen molar-refractivity contribution in [3.05, 3.63) is 59.1 Å². The smallest absolute Gasteiger partial charge is 0.240 e. The van der Waals surface area contributed by atoms with Crippen LogP contribution in [0.15, 0.2) is 48.5 Å². The summed E-state index contributed by atoms with van der Waals surface area (Å²) in [5.41, 5.74) is 2.26. The summed E-state index contributed by atoms with van der Waals surface area (Å²) in [7, 11) is 0. The van der Waals surface area contributed by atoms with E-state index in [4.69, 9.17) is 21.4 Å². The molecule has 142 valence electrons. The number of hydrogen-bond donors (Lipinski definition) is 0. The Bertz CT molecular complexity index is 890. The van der Waals surface area contributed by atoms with Gasteiger partial charge < -0.3 is 9.64 Å². The van der Waals surface area contributed by atoms with Crippen LogP contribution in [-0.2, 0) is 6.54 Å². The van der Waals surface area contributed by atoms with Gasteiger partial charge in [0.2, 0.25) is 5.88 Å². The second-order valence-electron chi connectivity index (χ2n) is 7.34. The Balaban J connectivity index is 1.44. The van der Waals surface area contributed by atoms with Gasteiger partial charge in [0.25, 0.3) is 0 Å². The van der Waals surface area contributed by atoms with Gasteiger partial charge >= 0.3 is 0 Å². The highest BCUT2D eigenvalue weighted by molar-refractivity contribution is 6.30. The lowest BCUT2D eigenvalue weighted by Crippen LogP contribution is -2.28. The minimum absolute atomic E-state index is 0.700. The standard InChI is InChI=1S/C22H26ClN3O/c1-17-6-4-13-25(17)14-5-15-27-22-20-7-2-3-8-21(20)26(24-22)16-18-9-11-19(23)12-10-18/h2-3,7-12,17H,4-6,13-16H2,1H3. The molecule has 1 aliphatic rings. The maximum Gasteiger partial charge on any atom is 0.240 e. The van der Waals surface area contributed by atoms with E-state index in [0.29, 0.717) is 19.2 Å². The number of benzene rings is 2. The number of likely N-dealkylation sites (tertiary alicyclic amines) is 1. The van der Waals surface area contributed by atoms with E-state index in [9.17, 15) is 0 Å². The predicted molar refractivity (Wildman–Crippen MR) is 111 cm³/mol. The van der Waals surface area contributed by atoms with Crippen molar-refractivity contribution < 1.29 is 4.74 Å². The molecular formula is C22H26ClN3O. The fraction of sp³-hybridized carbons (Fsp3) is 0.409. The monoisotopic (exact) mass is 383 g/mol. The summed E-state index contributed by atoms with van der Waals surface area (Å²) in [6, 6.07) is 16.9.